The molecular weight excluding hydrogens is 358 g/mol. The monoisotopic (exact) mass is 385 g/mol. The number of hydrogen-bond acceptors (Lipinski definition) is 4. The van der Waals surface area contributed by atoms with Gasteiger partial charge < -0.3 is 24.6 Å². The Labute approximate surface area is 164 Å². The topological polar surface area (TPSA) is 85.9 Å². The molecule has 2 aliphatic heterocycles. The van der Waals surface area contributed by atoms with E-state index in [1.165, 1.54) is 0 Å². The van der Waals surface area contributed by atoms with Gasteiger partial charge in [0.1, 0.15) is 5.75 Å². The second-order valence-electron chi connectivity index (χ2n) is 7.78. The molecule has 150 valence electrons. The molecule has 4 rings (SSSR count). The van der Waals surface area contributed by atoms with E-state index in [0.717, 1.165) is 27.9 Å². The highest BCUT2D eigenvalue weighted by atomic mass is 16.5. The number of H-pyrrole nitrogens is 1. The number of hydrogen-bond donors (Lipinski definition) is 2. The Morgan fingerprint density at radius 3 is 2.54 bits per heavy atom. The standard InChI is InChI=1S/C21H27N3O4/c1-4-17(26)23-10-21(11-23)12-24(18(27)5-2)16(9-25)20-19(21)14-7-6-13(28-3)8-15(14)22-20/h6-8,16,22,25H,4-5,9-12H2,1-3H3/t16-/m0/s1. The number of carbonyl (C=O) groups is 2. The zero-order valence-corrected chi connectivity index (χ0v) is 16.6. The zero-order valence-electron chi connectivity index (χ0n) is 16.6. The van der Waals surface area contributed by atoms with Crippen LogP contribution in [0.25, 0.3) is 10.9 Å². The van der Waals surface area contributed by atoms with Gasteiger partial charge in [-0.2, -0.15) is 0 Å². The molecule has 1 atom stereocenters. The van der Waals surface area contributed by atoms with Crippen molar-refractivity contribution in [3.63, 3.8) is 0 Å². The van der Waals surface area contributed by atoms with Gasteiger partial charge in [-0.25, -0.2) is 0 Å². The number of benzene rings is 1. The number of nitrogens with one attached hydrogen (secondary N) is 1. The van der Waals surface area contributed by atoms with Gasteiger partial charge in [0.25, 0.3) is 0 Å². The van der Waals surface area contributed by atoms with Crippen LogP contribution in [0.4, 0.5) is 0 Å². The van der Waals surface area contributed by atoms with Crippen molar-refractivity contribution in [1.82, 2.24) is 14.8 Å². The molecule has 0 unspecified atom stereocenters. The average Bonchev–Trinajstić information content (AvgIpc) is 3.08. The maximum Gasteiger partial charge on any atom is 0.222 e. The van der Waals surface area contributed by atoms with Gasteiger partial charge in [-0.05, 0) is 17.7 Å². The fourth-order valence-electron chi connectivity index (χ4n) is 4.81. The highest BCUT2D eigenvalue weighted by molar-refractivity contribution is 5.90. The number of rotatable bonds is 4. The van der Waals surface area contributed by atoms with Crippen molar-refractivity contribution in [1.29, 1.82) is 0 Å². The number of amides is 2. The lowest BCUT2D eigenvalue weighted by molar-refractivity contribution is -0.145. The molecule has 1 saturated heterocycles. The maximum atomic E-state index is 12.7. The summed E-state index contributed by atoms with van der Waals surface area (Å²) in [6.07, 6.45) is 0.860. The molecule has 28 heavy (non-hydrogen) atoms. The summed E-state index contributed by atoms with van der Waals surface area (Å²) < 4.78 is 5.35. The Balaban J connectivity index is 1.86. The molecule has 1 spiro atoms. The number of aromatic nitrogens is 1. The minimum absolute atomic E-state index is 0.0144. The van der Waals surface area contributed by atoms with Gasteiger partial charge >= 0.3 is 0 Å². The number of carbonyl (C=O) groups excluding carboxylic acids is 2. The smallest absolute Gasteiger partial charge is 0.222 e. The Hall–Kier alpha value is -2.54. The second kappa shape index (κ2) is 6.81. The molecule has 2 aliphatic rings. The summed E-state index contributed by atoms with van der Waals surface area (Å²) in [5, 5.41) is 11.2. The van der Waals surface area contributed by atoms with Crippen LogP contribution in [0, 0.1) is 0 Å². The number of methoxy groups -OCH3 is 1. The molecule has 2 N–H and O–H groups in total. The fraction of sp³-hybridized carbons (Fsp3) is 0.524. The SMILES string of the molecule is CCC(=O)N1CC2(C1)CN(C(=O)CC)[C@@H](CO)c1[nH]c3cc(OC)ccc3c12. The molecule has 7 nitrogen and oxygen atoms in total. The molecule has 0 bridgehead atoms. The molecule has 0 radical (unpaired) electrons. The summed E-state index contributed by atoms with van der Waals surface area (Å²) in [5.41, 5.74) is 2.63. The average molecular weight is 385 g/mol. The van der Waals surface area contributed by atoms with E-state index in [4.69, 9.17) is 4.74 Å². The molecule has 3 heterocycles. The molecule has 2 aromatic rings. The van der Waals surface area contributed by atoms with Crippen LogP contribution in [-0.4, -0.2) is 65.1 Å². The number of ether oxygens (including phenoxy) is 1. The first kappa shape index (κ1) is 18.8. The van der Waals surface area contributed by atoms with Gasteiger partial charge in [-0.15, -0.1) is 0 Å². The lowest BCUT2D eigenvalue weighted by Crippen LogP contribution is -2.68. The largest absolute Gasteiger partial charge is 0.497 e. The number of likely N-dealkylation sites (tertiary alicyclic amines) is 1. The fourth-order valence-corrected chi connectivity index (χ4v) is 4.81. The summed E-state index contributed by atoms with van der Waals surface area (Å²) in [6.45, 7) is 5.27. The Morgan fingerprint density at radius 1 is 1.21 bits per heavy atom. The van der Waals surface area contributed by atoms with Gasteiger partial charge in [-0.1, -0.05) is 13.8 Å². The van der Waals surface area contributed by atoms with Crippen LogP contribution in [0.5, 0.6) is 5.75 Å². The van der Waals surface area contributed by atoms with E-state index in [-0.39, 0.29) is 23.8 Å². The van der Waals surface area contributed by atoms with Crippen molar-refractivity contribution in [3.8, 4) is 5.75 Å². The molecule has 1 aromatic carbocycles. The minimum atomic E-state index is -0.401. The quantitative estimate of drug-likeness (QED) is 0.842. The van der Waals surface area contributed by atoms with Crippen molar-refractivity contribution in [2.75, 3.05) is 33.4 Å². The summed E-state index contributed by atoms with van der Waals surface area (Å²) in [7, 11) is 1.63. The summed E-state index contributed by atoms with van der Waals surface area (Å²) >= 11 is 0. The van der Waals surface area contributed by atoms with Crippen molar-refractivity contribution in [2.45, 2.75) is 38.1 Å². The lowest BCUT2D eigenvalue weighted by atomic mass is 9.68. The summed E-state index contributed by atoms with van der Waals surface area (Å²) in [4.78, 5) is 31.9. The van der Waals surface area contributed by atoms with Crippen LogP contribution < -0.4 is 4.74 Å². The number of fused-ring (bicyclic) bond motifs is 4. The molecule has 7 heteroatoms. The van der Waals surface area contributed by atoms with E-state index in [1.807, 2.05) is 36.9 Å². The zero-order chi connectivity index (χ0) is 20.1. The van der Waals surface area contributed by atoms with E-state index in [1.54, 1.807) is 12.0 Å². The van der Waals surface area contributed by atoms with Crippen LogP contribution in [-0.2, 0) is 15.0 Å². The number of aromatic amines is 1. The second-order valence-corrected chi connectivity index (χ2v) is 7.78. The third-order valence-electron chi connectivity index (χ3n) is 6.19. The van der Waals surface area contributed by atoms with Crippen LogP contribution >= 0.6 is 0 Å². The Morgan fingerprint density at radius 2 is 1.93 bits per heavy atom. The predicted molar refractivity (Wildman–Crippen MR) is 105 cm³/mol. The highest BCUT2D eigenvalue weighted by Crippen LogP contribution is 2.48. The van der Waals surface area contributed by atoms with E-state index < -0.39 is 6.04 Å². The van der Waals surface area contributed by atoms with Crippen LogP contribution in [0.1, 0.15) is 44.0 Å². The molecule has 1 aromatic heterocycles. The van der Waals surface area contributed by atoms with E-state index in [0.29, 0.717) is 32.5 Å². The summed E-state index contributed by atoms with van der Waals surface area (Å²) in [6, 6.07) is 5.49. The highest BCUT2D eigenvalue weighted by Gasteiger charge is 2.54. The Kier molecular flexibility index (Phi) is 4.57. The molecule has 0 aliphatic carbocycles. The Bertz CT molecular complexity index is 929. The maximum absolute atomic E-state index is 12.7. The van der Waals surface area contributed by atoms with Crippen molar-refractivity contribution in [2.24, 2.45) is 0 Å². The van der Waals surface area contributed by atoms with Crippen molar-refractivity contribution >= 4 is 22.7 Å². The normalized spacial score (nSPS) is 20.2. The molecule has 0 saturated carbocycles. The lowest BCUT2D eigenvalue weighted by Gasteiger charge is -2.56. The molecule has 2 amide bonds. The summed E-state index contributed by atoms with van der Waals surface area (Å²) in [5.74, 6) is 0.894. The molecule has 1 fully saturated rings. The van der Waals surface area contributed by atoms with Gasteiger partial charge in [-0.3, -0.25) is 9.59 Å². The number of aliphatic hydroxyl groups excluding tert-OH is 1. The van der Waals surface area contributed by atoms with E-state index in [2.05, 4.69) is 4.98 Å². The van der Waals surface area contributed by atoms with Crippen molar-refractivity contribution in [3.05, 3.63) is 29.5 Å². The first-order valence-corrected chi connectivity index (χ1v) is 9.86. The number of nitrogens with zero attached hydrogens (tertiary/aromatic N) is 2. The van der Waals surface area contributed by atoms with Crippen molar-refractivity contribution < 1.29 is 19.4 Å². The van der Waals surface area contributed by atoms with E-state index >= 15 is 0 Å². The minimum Gasteiger partial charge on any atom is -0.497 e. The predicted octanol–water partition coefficient (Wildman–Crippen LogP) is 1.95. The van der Waals surface area contributed by atoms with Crippen LogP contribution in [0.2, 0.25) is 0 Å². The third kappa shape index (κ3) is 2.60. The molecular formula is C21H27N3O4. The van der Waals surface area contributed by atoms with Gasteiger partial charge in [0, 0.05) is 55.1 Å². The van der Waals surface area contributed by atoms with Gasteiger partial charge in [0.05, 0.1) is 25.2 Å². The van der Waals surface area contributed by atoms with Crippen LogP contribution in [0.15, 0.2) is 18.2 Å². The first-order valence-electron chi connectivity index (χ1n) is 9.86. The number of aliphatic hydroxyl groups is 1. The van der Waals surface area contributed by atoms with Gasteiger partial charge in [0.15, 0.2) is 0 Å². The van der Waals surface area contributed by atoms with E-state index in [9.17, 15) is 14.7 Å². The van der Waals surface area contributed by atoms with Crippen LogP contribution in [0.3, 0.4) is 0 Å². The van der Waals surface area contributed by atoms with Gasteiger partial charge in [0.2, 0.25) is 11.8 Å². The third-order valence-corrected chi connectivity index (χ3v) is 6.19. The first-order chi connectivity index (χ1) is 13.5.